The van der Waals surface area contributed by atoms with Crippen molar-refractivity contribution in [2.45, 2.75) is 19.9 Å². The minimum absolute atomic E-state index is 0.0530. The third kappa shape index (κ3) is 2.31. The molecule has 3 nitrogen and oxygen atoms in total. The van der Waals surface area contributed by atoms with E-state index in [1.165, 1.54) is 5.56 Å². The van der Waals surface area contributed by atoms with Gasteiger partial charge < -0.3 is 5.73 Å². The number of nitrogens with two attached hydrogens (primary N) is 1. The van der Waals surface area contributed by atoms with E-state index in [0.29, 0.717) is 0 Å². The van der Waals surface area contributed by atoms with Crippen LogP contribution >= 0.6 is 27.3 Å². The average molecular weight is 298 g/mol. The van der Waals surface area contributed by atoms with Gasteiger partial charge in [-0.3, -0.25) is 0 Å². The van der Waals surface area contributed by atoms with Crippen molar-refractivity contribution in [2.24, 2.45) is 5.73 Å². The van der Waals surface area contributed by atoms with Gasteiger partial charge >= 0.3 is 0 Å². The molecule has 16 heavy (non-hydrogen) atoms. The number of halogens is 1. The smallest absolute Gasteiger partial charge is 0.147 e. The minimum atomic E-state index is -0.0530. The van der Waals surface area contributed by atoms with Crippen LogP contribution in [0.2, 0.25) is 0 Å². The summed E-state index contributed by atoms with van der Waals surface area (Å²) in [6.07, 6.45) is 0. The molecular formula is C11H12BrN3S. The average Bonchev–Trinajstić information content (AvgIpc) is 2.71. The number of rotatable bonds is 2. The van der Waals surface area contributed by atoms with Gasteiger partial charge in [-0.2, -0.15) is 0 Å². The van der Waals surface area contributed by atoms with Crippen LogP contribution in [0.1, 0.15) is 23.5 Å². The molecule has 5 heteroatoms. The second-order valence-electron chi connectivity index (χ2n) is 3.70. The molecule has 0 radical (unpaired) electrons. The lowest BCUT2D eigenvalue weighted by Gasteiger charge is -2.00. The summed E-state index contributed by atoms with van der Waals surface area (Å²) in [5.74, 6) is 0. The highest BCUT2D eigenvalue weighted by Crippen LogP contribution is 2.28. The molecule has 1 aromatic carbocycles. The fraction of sp³-hybridized carbons (Fsp3) is 0.273. The normalized spacial score (nSPS) is 12.8. The van der Waals surface area contributed by atoms with Crippen LogP contribution in [-0.4, -0.2) is 10.2 Å². The Bertz CT molecular complexity index is 508. The van der Waals surface area contributed by atoms with E-state index in [2.05, 4.69) is 39.1 Å². The molecule has 0 fully saturated rings. The summed E-state index contributed by atoms with van der Waals surface area (Å²) in [5, 5.41) is 10.0. The first-order chi connectivity index (χ1) is 7.58. The summed E-state index contributed by atoms with van der Waals surface area (Å²) in [6.45, 7) is 3.97. The zero-order chi connectivity index (χ0) is 11.7. The van der Waals surface area contributed by atoms with Crippen molar-refractivity contribution in [3.8, 4) is 10.6 Å². The molecule has 0 spiro atoms. The van der Waals surface area contributed by atoms with Gasteiger partial charge in [-0.15, -0.1) is 10.2 Å². The van der Waals surface area contributed by atoms with Gasteiger partial charge in [-0.05, 0) is 31.5 Å². The van der Waals surface area contributed by atoms with Crippen LogP contribution < -0.4 is 5.73 Å². The lowest BCUT2D eigenvalue weighted by molar-refractivity contribution is 0.786. The maximum Gasteiger partial charge on any atom is 0.147 e. The van der Waals surface area contributed by atoms with E-state index in [4.69, 9.17) is 5.73 Å². The molecule has 1 unspecified atom stereocenters. The molecule has 84 valence electrons. The number of hydrogen-bond acceptors (Lipinski definition) is 4. The van der Waals surface area contributed by atoms with Crippen molar-refractivity contribution in [2.75, 3.05) is 0 Å². The maximum absolute atomic E-state index is 5.76. The summed E-state index contributed by atoms with van der Waals surface area (Å²) in [6, 6.07) is 6.10. The summed E-state index contributed by atoms with van der Waals surface area (Å²) >= 11 is 5.02. The van der Waals surface area contributed by atoms with Gasteiger partial charge in [0, 0.05) is 10.0 Å². The fourth-order valence-corrected chi connectivity index (χ4v) is 2.35. The zero-order valence-electron chi connectivity index (χ0n) is 9.07. The van der Waals surface area contributed by atoms with Gasteiger partial charge in [0.1, 0.15) is 10.0 Å². The molecule has 1 atom stereocenters. The first-order valence-corrected chi connectivity index (χ1v) is 6.54. The molecule has 0 saturated heterocycles. The standard InChI is InChI=1S/C11H12BrN3S/c1-6-5-8(3-4-9(6)12)11-15-14-10(16-11)7(2)13/h3-5,7H,13H2,1-2H3. The monoisotopic (exact) mass is 297 g/mol. The van der Waals surface area contributed by atoms with Gasteiger partial charge in [0.2, 0.25) is 0 Å². The Morgan fingerprint density at radius 2 is 2.12 bits per heavy atom. The van der Waals surface area contributed by atoms with E-state index in [1.807, 2.05) is 19.1 Å². The van der Waals surface area contributed by atoms with Crippen LogP contribution in [0.5, 0.6) is 0 Å². The highest BCUT2D eigenvalue weighted by Gasteiger charge is 2.10. The lowest BCUT2D eigenvalue weighted by Crippen LogP contribution is -2.03. The first-order valence-electron chi connectivity index (χ1n) is 4.93. The van der Waals surface area contributed by atoms with Gasteiger partial charge in [0.25, 0.3) is 0 Å². The van der Waals surface area contributed by atoms with Gasteiger partial charge in [0.15, 0.2) is 0 Å². The Kier molecular flexibility index (Phi) is 3.37. The van der Waals surface area contributed by atoms with Crippen molar-refractivity contribution in [3.05, 3.63) is 33.2 Å². The highest BCUT2D eigenvalue weighted by molar-refractivity contribution is 9.10. The summed E-state index contributed by atoms with van der Waals surface area (Å²) in [7, 11) is 0. The molecule has 0 saturated carbocycles. The first kappa shape index (κ1) is 11.7. The Morgan fingerprint density at radius 3 is 2.69 bits per heavy atom. The molecule has 1 aromatic heterocycles. The minimum Gasteiger partial charge on any atom is -0.322 e. The Hall–Kier alpha value is -0.780. The molecule has 2 rings (SSSR count). The van der Waals surface area contributed by atoms with Crippen molar-refractivity contribution >= 4 is 27.3 Å². The van der Waals surface area contributed by atoms with Crippen molar-refractivity contribution in [1.29, 1.82) is 0 Å². The molecular weight excluding hydrogens is 286 g/mol. The number of benzene rings is 1. The number of aromatic nitrogens is 2. The predicted molar refractivity (Wildman–Crippen MR) is 70.4 cm³/mol. The Morgan fingerprint density at radius 1 is 1.38 bits per heavy atom. The topological polar surface area (TPSA) is 51.8 Å². The largest absolute Gasteiger partial charge is 0.322 e. The van der Waals surface area contributed by atoms with E-state index >= 15 is 0 Å². The predicted octanol–water partition coefficient (Wildman–Crippen LogP) is 3.30. The quantitative estimate of drug-likeness (QED) is 0.925. The maximum atomic E-state index is 5.76. The highest BCUT2D eigenvalue weighted by atomic mass is 79.9. The molecule has 2 N–H and O–H groups in total. The second-order valence-corrected chi connectivity index (χ2v) is 5.56. The number of aryl methyl sites for hydroxylation is 1. The molecule has 0 amide bonds. The SMILES string of the molecule is Cc1cc(-c2nnc(C(C)N)s2)ccc1Br. The van der Waals surface area contributed by atoms with E-state index in [9.17, 15) is 0 Å². The molecule has 0 aliphatic carbocycles. The molecule has 0 aliphatic rings. The van der Waals surface area contributed by atoms with E-state index < -0.39 is 0 Å². The molecule has 2 aromatic rings. The Balaban J connectivity index is 2.39. The van der Waals surface area contributed by atoms with E-state index in [1.54, 1.807) is 11.3 Å². The molecule has 0 bridgehead atoms. The Labute approximate surface area is 107 Å². The van der Waals surface area contributed by atoms with Crippen LogP contribution in [0, 0.1) is 6.92 Å². The summed E-state index contributed by atoms with van der Waals surface area (Å²) < 4.78 is 1.10. The van der Waals surface area contributed by atoms with E-state index in [-0.39, 0.29) is 6.04 Å². The van der Waals surface area contributed by atoms with Crippen LogP contribution in [0.25, 0.3) is 10.6 Å². The zero-order valence-corrected chi connectivity index (χ0v) is 11.5. The summed E-state index contributed by atoms with van der Waals surface area (Å²) in [5.41, 5.74) is 8.04. The molecule has 1 heterocycles. The van der Waals surface area contributed by atoms with Crippen molar-refractivity contribution in [3.63, 3.8) is 0 Å². The number of hydrogen-bond donors (Lipinski definition) is 1. The van der Waals surface area contributed by atoms with Crippen LogP contribution in [0.3, 0.4) is 0 Å². The third-order valence-electron chi connectivity index (χ3n) is 2.24. The lowest BCUT2D eigenvalue weighted by atomic mass is 10.1. The summed E-state index contributed by atoms with van der Waals surface area (Å²) in [4.78, 5) is 0. The van der Waals surface area contributed by atoms with Gasteiger partial charge in [0.05, 0.1) is 6.04 Å². The van der Waals surface area contributed by atoms with Crippen molar-refractivity contribution < 1.29 is 0 Å². The van der Waals surface area contributed by atoms with Crippen LogP contribution in [0.4, 0.5) is 0 Å². The third-order valence-corrected chi connectivity index (χ3v) is 4.30. The van der Waals surface area contributed by atoms with Crippen LogP contribution in [-0.2, 0) is 0 Å². The van der Waals surface area contributed by atoms with E-state index in [0.717, 1.165) is 20.1 Å². The number of nitrogens with zero attached hydrogens (tertiary/aromatic N) is 2. The van der Waals surface area contributed by atoms with Crippen LogP contribution in [0.15, 0.2) is 22.7 Å². The van der Waals surface area contributed by atoms with Crippen molar-refractivity contribution in [1.82, 2.24) is 10.2 Å². The fourth-order valence-electron chi connectivity index (χ4n) is 1.31. The second kappa shape index (κ2) is 4.61. The molecule has 0 aliphatic heterocycles. The van der Waals surface area contributed by atoms with Gasteiger partial charge in [-0.25, -0.2) is 0 Å². The van der Waals surface area contributed by atoms with Gasteiger partial charge in [-0.1, -0.05) is 33.3 Å².